The van der Waals surface area contributed by atoms with Gasteiger partial charge in [-0.25, -0.2) is 0 Å². The smallest absolute Gasteiger partial charge is 0.370 e. The summed E-state index contributed by atoms with van der Waals surface area (Å²) in [5.41, 5.74) is 7.85. The van der Waals surface area contributed by atoms with Crippen LogP contribution in [0.15, 0.2) is 12.1 Å². The summed E-state index contributed by atoms with van der Waals surface area (Å²) < 4.78 is 28.0. The van der Waals surface area contributed by atoms with Crippen molar-refractivity contribution >= 4 is 21.9 Å². The predicted molar refractivity (Wildman–Crippen MR) is 104 cm³/mol. The standard InChI is InChI=1S/C18H31N3O4S/c1-7-12(6)16(19)18(22)21-13-8-14(10(2)3)17(25-26(20,23)24)15(9-13)11(4)5/h8-12,16H,7,19H2,1-6H3,(H,21,22)(H2,20,23,24). The van der Waals surface area contributed by atoms with Crippen LogP contribution >= 0.6 is 0 Å². The van der Waals surface area contributed by atoms with Gasteiger partial charge in [0.2, 0.25) is 5.91 Å². The Balaban J connectivity index is 3.38. The molecule has 0 aliphatic carbocycles. The number of anilines is 1. The second-order valence-corrected chi connectivity index (χ2v) is 8.42. The Morgan fingerprint density at radius 2 is 1.58 bits per heavy atom. The van der Waals surface area contributed by atoms with Gasteiger partial charge in [-0.1, -0.05) is 48.0 Å². The van der Waals surface area contributed by atoms with E-state index in [4.69, 9.17) is 15.1 Å². The molecule has 0 heterocycles. The first kappa shape index (κ1) is 22.4. The zero-order valence-corrected chi connectivity index (χ0v) is 17.2. The van der Waals surface area contributed by atoms with Gasteiger partial charge in [0.05, 0.1) is 6.04 Å². The monoisotopic (exact) mass is 385 g/mol. The number of carbonyl (C=O) groups is 1. The number of hydrogen-bond acceptors (Lipinski definition) is 5. The van der Waals surface area contributed by atoms with Crippen LogP contribution in [0.1, 0.15) is 70.9 Å². The summed E-state index contributed by atoms with van der Waals surface area (Å²) in [7, 11) is -4.16. The molecule has 0 radical (unpaired) electrons. The van der Waals surface area contributed by atoms with E-state index in [0.29, 0.717) is 16.8 Å². The third-order valence-electron chi connectivity index (χ3n) is 4.42. The molecule has 2 atom stereocenters. The molecule has 0 saturated carbocycles. The van der Waals surface area contributed by atoms with Crippen molar-refractivity contribution in [3.63, 3.8) is 0 Å². The highest BCUT2D eigenvalue weighted by molar-refractivity contribution is 7.84. The molecule has 1 aromatic rings. The van der Waals surface area contributed by atoms with Crippen molar-refractivity contribution in [1.82, 2.24) is 0 Å². The van der Waals surface area contributed by atoms with Gasteiger partial charge in [0, 0.05) is 16.8 Å². The third-order valence-corrected chi connectivity index (χ3v) is 4.82. The van der Waals surface area contributed by atoms with Crippen LogP contribution in [0.4, 0.5) is 5.69 Å². The van der Waals surface area contributed by atoms with Crippen molar-refractivity contribution in [2.45, 2.75) is 65.8 Å². The number of benzene rings is 1. The van der Waals surface area contributed by atoms with Gasteiger partial charge in [0.1, 0.15) is 0 Å². The molecule has 0 spiro atoms. The van der Waals surface area contributed by atoms with E-state index in [0.717, 1.165) is 6.42 Å². The van der Waals surface area contributed by atoms with Crippen molar-refractivity contribution in [3.8, 4) is 5.75 Å². The normalized spacial score (nSPS) is 14.4. The molecule has 7 nitrogen and oxygen atoms in total. The molecule has 0 aliphatic heterocycles. The Bertz CT molecular complexity index is 716. The van der Waals surface area contributed by atoms with Gasteiger partial charge < -0.3 is 15.2 Å². The highest BCUT2D eigenvalue weighted by atomic mass is 32.2. The lowest BCUT2D eigenvalue weighted by Gasteiger charge is -2.22. The van der Waals surface area contributed by atoms with Crippen LogP contribution < -0.4 is 20.4 Å². The average molecular weight is 386 g/mol. The second-order valence-electron chi connectivity index (χ2n) is 7.27. The number of hydrogen-bond donors (Lipinski definition) is 3. The second kappa shape index (κ2) is 8.83. The average Bonchev–Trinajstić information content (AvgIpc) is 2.52. The Kier molecular flexibility index (Phi) is 7.61. The summed E-state index contributed by atoms with van der Waals surface area (Å²) in [5.74, 6) is -0.0755. The Labute approximate surface area is 156 Å². The van der Waals surface area contributed by atoms with Crippen LogP contribution in [-0.2, 0) is 15.1 Å². The van der Waals surface area contributed by atoms with Crippen LogP contribution in [0.2, 0.25) is 0 Å². The van der Waals surface area contributed by atoms with Gasteiger partial charge in [-0.05, 0) is 29.9 Å². The first-order chi connectivity index (χ1) is 11.9. The summed E-state index contributed by atoms with van der Waals surface area (Å²) in [6.45, 7) is 11.5. The van der Waals surface area contributed by atoms with E-state index in [1.165, 1.54) is 0 Å². The highest BCUT2D eigenvalue weighted by Crippen LogP contribution is 2.38. The zero-order chi connectivity index (χ0) is 20.2. The first-order valence-corrected chi connectivity index (χ1v) is 10.3. The van der Waals surface area contributed by atoms with Crippen molar-refractivity contribution in [2.24, 2.45) is 16.8 Å². The van der Waals surface area contributed by atoms with Crippen molar-refractivity contribution in [2.75, 3.05) is 5.32 Å². The number of nitrogens with two attached hydrogens (primary N) is 2. The zero-order valence-electron chi connectivity index (χ0n) is 16.4. The maximum absolute atomic E-state index is 12.4. The topological polar surface area (TPSA) is 125 Å². The van der Waals surface area contributed by atoms with Crippen LogP contribution in [0.25, 0.3) is 0 Å². The van der Waals surface area contributed by atoms with Crippen LogP contribution in [0.3, 0.4) is 0 Å². The lowest BCUT2D eigenvalue weighted by Crippen LogP contribution is -2.40. The number of amides is 1. The molecule has 26 heavy (non-hydrogen) atoms. The minimum absolute atomic E-state index is 0.0376. The fourth-order valence-corrected chi connectivity index (χ4v) is 2.98. The summed E-state index contributed by atoms with van der Waals surface area (Å²) >= 11 is 0. The molecule has 8 heteroatoms. The van der Waals surface area contributed by atoms with Gasteiger partial charge in [-0.2, -0.15) is 13.6 Å². The van der Waals surface area contributed by atoms with E-state index in [1.54, 1.807) is 12.1 Å². The fraction of sp³-hybridized carbons (Fsp3) is 0.611. The highest BCUT2D eigenvalue weighted by Gasteiger charge is 2.23. The van der Waals surface area contributed by atoms with Gasteiger partial charge in [-0.3, -0.25) is 4.79 Å². The largest absolute Gasteiger partial charge is 0.380 e. The molecule has 0 fully saturated rings. The molecule has 1 aromatic carbocycles. The van der Waals surface area contributed by atoms with E-state index in [1.807, 2.05) is 41.5 Å². The molecular weight excluding hydrogens is 354 g/mol. The Hall–Kier alpha value is -1.64. The van der Waals surface area contributed by atoms with Crippen LogP contribution in [-0.4, -0.2) is 20.4 Å². The third kappa shape index (κ3) is 5.96. The molecule has 148 valence electrons. The molecule has 5 N–H and O–H groups in total. The predicted octanol–water partition coefficient (Wildman–Crippen LogP) is 2.83. The Morgan fingerprint density at radius 1 is 1.12 bits per heavy atom. The molecule has 1 rings (SSSR count). The minimum atomic E-state index is -4.16. The molecule has 0 aromatic heterocycles. The minimum Gasteiger partial charge on any atom is -0.370 e. The lowest BCUT2D eigenvalue weighted by atomic mass is 9.93. The molecule has 2 unspecified atom stereocenters. The fourth-order valence-electron chi connectivity index (χ4n) is 2.55. The van der Waals surface area contributed by atoms with Gasteiger partial charge in [0.15, 0.2) is 5.75 Å². The van der Waals surface area contributed by atoms with Crippen molar-refractivity contribution in [1.29, 1.82) is 0 Å². The van der Waals surface area contributed by atoms with Crippen molar-refractivity contribution in [3.05, 3.63) is 23.3 Å². The molecule has 0 aliphatic rings. The summed E-state index contributed by atoms with van der Waals surface area (Å²) in [4.78, 5) is 12.4. The van der Waals surface area contributed by atoms with E-state index < -0.39 is 16.3 Å². The van der Waals surface area contributed by atoms with Crippen LogP contribution in [0.5, 0.6) is 5.75 Å². The van der Waals surface area contributed by atoms with E-state index in [2.05, 4.69) is 5.32 Å². The number of carbonyl (C=O) groups excluding carboxylic acids is 1. The molecular formula is C18H31N3O4S. The van der Waals surface area contributed by atoms with E-state index in [9.17, 15) is 13.2 Å². The Morgan fingerprint density at radius 3 is 1.92 bits per heavy atom. The summed E-state index contributed by atoms with van der Waals surface area (Å²) in [5, 5.41) is 7.91. The van der Waals surface area contributed by atoms with Crippen LogP contribution in [0, 0.1) is 5.92 Å². The maximum Gasteiger partial charge on any atom is 0.380 e. The van der Waals surface area contributed by atoms with E-state index >= 15 is 0 Å². The lowest BCUT2D eigenvalue weighted by molar-refractivity contribution is -0.118. The SMILES string of the molecule is CCC(C)C(N)C(=O)Nc1cc(C(C)C)c(OS(N)(=O)=O)c(C(C)C)c1. The summed E-state index contributed by atoms with van der Waals surface area (Å²) in [6.07, 6.45) is 0.796. The number of rotatable bonds is 8. The molecule has 0 bridgehead atoms. The van der Waals surface area contributed by atoms with Gasteiger partial charge >= 0.3 is 10.3 Å². The molecule has 0 saturated heterocycles. The maximum atomic E-state index is 12.4. The van der Waals surface area contributed by atoms with E-state index in [-0.39, 0.29) is 29.4 Å². The quantitative estimate of drug-likeness (QED) is 0.634. The molecule has 1 amide bonds. The van der Waals surface area contributed by atoms with Gasteiger partial charge in [-0.15, -0.1) is 0 Å². The number of nitrogens with one attached hydrogen (secondary N) is 1. The first-order valence-electron chi connectivity index (χ1n) is 8.83. The summed E-state index contributed by atoms with van der Waals surface area (Å²) in [6, 6.07) is 2.79. The van der Waals surface area contributed by atoms with Crippen molar-refractivity contribution < 1.29 is 17.4 Å². The van der Waals surface area contributed by atoms with Gasteiger partial charge in [0.25, 0.3) is 0 Å².